The standard InChI is InChI=1S/C18H26N2O2/c1-13-10-14(2)17-15(21)12-18(3,22-16(17)11-13)4-7-20-8-5-19-6-9-20/h10-11,19H,4-9,12H2,1-3H3. The molecule has 2 aliphatic heterocycles. The number of Topliss-reactive ketones (excluding diaryl/α,β-unsaturated/α-hetero) is 1. The molecule has 1 N–H and O–H groups in total. The Labute approximate surface area is 132 Å². The van der Waals surface area contributed by atoms with E-state index in [2.05, 4.69) is 23.2 Å². The van der Waals surface area contributed by atoms with Crippen molar-refractivity contribution >= 4 is 5.78 Å². The van der Waals surface area contributed by atoms with Gasteiger partial charge in [-0.2, -0.15) is 0 Å². The topological polar surface area (TPSA) is 41.6 Å². The Kier molecular flexibility index (Phi) is 4.24. The van der Waals surface area contributed by atoms with Gasteiger partial charge in [0.05, 0.1) is 12.0 Å². The van der Waals surface area contributed by atoms with E-state index in [9.17, 15) is 4.79 Å². The largest absolute Gasteiger partial charge is 0.486 e. The van der Waals surface area contributed by atoms with Crippen molar-refractivity contribution in [3.8, 4) is 5.75 Å². The number of rotatable bonds is 3. The molecule has 1 atom stereocenters. The summed E-state index contributed by atoms with van der Waals surface area (Å²) >= 11 is 0. The monoisotopic (exact) mass is 302 g/mol. The lowest BCUT2D eigenvalue weighted by atomic mass is 9.86. The van der Waals surface area contributed by atoms with E-state index in [1.807, 2.05) is 19.9 Å². The number of carbonyl (C=O) groups is 1. The molecule has 2 heterocycles. The summed E-state index contributed by atoms with van der Waals surface area (Å²) in [7, 11) is 0. The Balaban J connectivity index is 1.74. The minimum absolute atomic E-state index is 0.224. The molecule has 3 rings (SSSR count). The molecule has 4 heteroatoms. The number of piperazine rings is 1. The van der Waals surface area contributed by atoms with Gasteiger partial charge in [-0.15, -0.1) is 0 Å². The lowest BCUT2D eigenvalue weighted by Crippen LogP contribution is -2.47. The van der Waals surface area contributed by atoms with Crippen LogP contribution in [0.3, 0.4) is 0 Å². The van der Waals surface area contributed by atoms with Crippen LogP contribution in [-0.2, 0) is 0 Å². The van der Waals surface area contributed by atoms with Crippen LogP contribution in [0, 0.1) is 13.8 Å². The summed E-state index contributed by atoms with van der Waals surface area (Å²) in [6, 6.07) is 4.06. The van der Waals surface area contributed by atoms with Gasteiger partial charge in [0.1, 0.15) is 11.4 Å². The molecule has 4 nitrogen and oxygen atoms in total. The van der Waals surface area contributed by atoms with Crippen molar-refractivity contribution in [2.75, 3.05) is 32.7 Å². The van der Waals surface area contributed by atoms with Gasteiger partial charge < -0.3 is 15.0 Å². The molecule has 0 aliphatic carbocycles. The number of ketones is 1. The van der Waals surface area contributed by atoms with Crippen molar-refractivity contribution in [1.29, 1.82) is 0 Å². The zero-order valence-electron chi connectivity index (χ0n) is 13.9. The van der Waals surface area contributed by atoms with Gasteiger partial charge in [0.15, 0.2) is 5.78 Å². The lowest BCUT2D eigenvalue weighted by molar-refractivity contribution is 0.0386. The third-order valence-corrected chi connectivity index (χ3v) is 4.78. The van der Waals surface area contributed by atoms with Crippen LogP contribution >= 0.6 is 0 Å². The van der Waals surface area contributed by atoms with Crippen LogP contribution in [0.2, 0.25) is 0 Å². The summed E-state index contributed by atoms with van der Waals surface area (Å²) in [6.45, 7) is 11.4. The highest BCUT2D eigenvalue weighted by Crippen LogP contribution is 2.37. The van der Waals surface area contributed by atoms with E-state index in [4.69, 9.17) is 4.74 Å². The Morgan fingerprint density at radius 1 is 1.27 bits per heavy atom. The van der Waals surface area contributed by atoms with Gasteiger partial charge in [0.2, 0.25) is 0 Å². The molecule has 0 saturated carbocycles. The normalized spacial score (nSPS) is 25.7. The van der Waals surface area contributed by atoms with Gasteiger partial charge in [-0.05, 0) is 44.4 Å². The van der Waals surface area contributed by atoms with E-state index in [1.165, 1.54) is 0 Å². The number of hydrogen-bond donors (Lipinski definition) is 1. The average Bonchev–Trinajstić information content (AvgIpc) is 2.45. The predicted molar refractivity (Wildman–Crippen MR) is 87.8 cm³/mol. The number of ether oxygens (including phenoxy) is 1. The van der Waals surface area contributed by atoms with Crippen LogP contribution in [0.5, 0.6) is 5.75 Å². The summed E-state index contributed by atoms with van der Waals surface area (Å²) in [5.74, 6) is 0.998. The van der Waals surface area contributed by atoms with E-state index in [0.717, 1.165) is 61.6 Å². The molecule has 0 spiro atoms. The van der Waals surface area contributed by atoms with Crippen molar-refractivity contribution in [3.05, 3.63) is 28.8 Å². The number of hydrogen-bond acceptors (Lipinski definition) is 4. The lowest BCUT2D eigenvalue weighted by Gasteiger charge is -2.38. The summed E-state index contributed by atoms with van der Waals surface area (Å²) in [6.07, 6.45) is 1.38. The smallest absolute Gasteiger partial charge is 0.170 e. The Morgan fingerprint density at radius 3 is 2.73 bits per heavy atom. The highest BCUT2D eigenvalue weighted by atomic mass is 16.5. The zero-order chi connectivity index (χ0) is 15.7. The van der Waals surface area contributed by atoms with Crippen molar-refractivity contribution in [2.45, 2.75) is 39.2 Å². The zero-order valence-corrected chi connectivity index (χ0v) is 13.9. The fourth-order valence-electron chi connectivity index (χ4n) is 3.56. The van der Waals surface area contributed by atoms with Crippen LogP contribution in [0.4, 0.5) is 0 Å². The van der Waals surface area contributed by atoms with E-state index < -0.39 is 0 Å². The third kappa shape index (κ3) is 3.18. The molecule has 1 unspecified atom stereocenters. The van der Waals surface area contributed by atoms with E-state index in [-0.39, 0.29) is 11.4 Å². The van der Waals surface area contributed by atoms with Crippen LogP contribution in [0.25, 0.3) is 0 Å². The SMILES string of the molecule is Cc1cc(C)c2c(c1)OC(C)(CCN1CCNCC1)CC2=O. The molecular formula is C18H26N2O2. The predicted octanol–water partition coefficient (Wildman–Crippen LogP) is 2.32. The molecule has 0 aromatic heterocycles. The highest BCUT2D eigenvalue weighted by Gasteiger charge is 2.37. The molecule has 0 amide bonds. The number of benzene rings is 1. The first-order valence-corrected chi connectivity index (χ1v) is 8.23. The Morgan fingerprint density at radius 2 is 2.00 bits per heavy atom. The molecule has 1 aromatic carbocycles. The second kappa shape index (κ2) is 6.01. The number of nitrogens with one attached hydrogen (secondary N) is 1. The summed E-state index contributed by atoms with van der Waals surface area (Å²) < 4.78 is 6.28. The van der Waals surface area contributed by atoms with E-state index in [0.29, 0.717) is 6.42 Å². The fourth-order valence-corrected chi connectivity index (χ4v) is 3.56. The van der Waals surface area contributed by atoms with Crippen molar-refractivity contribution in [1.82, 2.24) is 10.2 Å². The third-order valence-electron chi connectivity index (χ3n) is 4.78. The van der Waals surface area contributed by atoms with Crippen molar-refractivity contribution in [2.24, 2.45) is 0 Å². The second-order valence-corrected chi connectivity index (χ2v) is 6.95. The first-order valence-electron chi connectivity index (χ1n) is 8.23. The molecule has 1 fully saturated rings. The van der Waals surface area contributed by atoms with Crippen LogP contribution in [0.15, 0.2) is 12.1 Å². The quantitative estimate of drug-likeness (QED) is 0.930. The number of carbonyl (C=O) groups excluding carboxylic acids is 1. The molecule has 0 bridgehead atoms. The minimum atomic E-state index is -0.380. The molecule has 22 heavy (non-hydrogen) atoms. The first kappa shape index (κ1) is 15.5. The van der Waals surface area contributed by atoms with Gasteiger partial charge in [-0.1, -0.05) is 6.07 Å². The Bertz CT molecular complexity index is 579. The molecule has 1 saturated heterocycles. The van der Waals surface area contributed by atoms with E-state index >= 15 is 0 Å². The first-order chi connectivity index (χ1) is 10.5. The van der Waals surface area contributed by atoms with Crippen LogP contribution < -0.4 is 10.1 Å². The molecule has 0 radical (unpaired) electrons. The molecule has 2 aliphatic rings. The maximum atomic E-state index is 12.6. The maximum absolute atomic E-state index is 12.6. The van der Waals surface area contributed by atoms with Gasteiger partial charge >= 0.3 is 0 Å². The van der Waals surface area contributed by atoms with Gasteiger partial charge in [-0.3, -0.25) is 4.79 Å². The van der Waals surface area contributed by atoms with Crippen LogP contribution in [-0.4, -0.2) is 49.0 Å². The maximum Gasteiger partial charge on any atom is 0.170 e. The number of aryl methyl sites for hydroxylation is 2. The summed E-state index contributed by atoms with van der Waals surface area (Å²) in [5.41, 5.74) is 2.58. The van der Waals surface area contributed by atoms with E-state index in [1.54, 1.807) is 0 Å². The highest BCUT2D eigenvalue weighted by molar-refractivity contribution is 6.01. The number of nitrogens with zero attached hydrogens (tertiary/aromatic N) is 1. The second-order valence-electron chi connectivity index (χ2n) is 6.95. The number of fused-ring (bicyclic) bond motifs is 1. The van der Waals surface area contributed by atoms with Crippen molar-refractivity contribution < 1.29 is 9.53 Å². The molecule has 120 valence electrons. The Hall–Kier alpha value is -1.39. The van der Waals surface area contributed by atoms with Crippen LogP contribution in [0.1, 0.15) is 41.3 Å². The summed E-state index contributed by atoms with van der Waals surface area (Å²) in [4.78, 5) is 15.0. The summed E-state index contributed by atoms with van der Waals surface area (Å²) in [5, 5.41) is 3.37. The van der Waals surface area contributed by atoms with Gasteiger partial charge in [0, 0.05) is 32.7 Å². The van der Waals surface area contributed by atoms with Gasteiger partial charge in [0.25, 0.3) is 0 Å². The molecule has 1 aromatic rings. The van der Waals surface area contributed by atoms with Crippen molar-refractivity contribution in [3.63, 3.8) is 0 Å². The van der Waals surface area contributed by atoms with Gasteiger partial charge in [-0.25, -0.2) is 0 Å². The molecular weight excluding hydrogens is 276 g/mol. The fraction of sp³-hybridized carbons (Fsp3) is 0.611. The average molecular weight is 302 g/mol. The minimum Gasteiger partial charge on any atom is -0.486 e.